The Morgan fingerprint density at radius 2 is 1.88 bits per heavy atom. The lowest BCUT2D eigenvalue weighted by Crippen LogP contribution is -2.20. The van der Waals surface area contributed by atoms with Crippen LogP contribution in [0.3, 0.4) is 0 Å². The van der Waals surface area contributed by atoms with Crippen LogP contribution >= 0.6 is 0 Å². The molecule has 2 aromatic carbocycles. The molecule has 0 aliphatic carbocycles. The molecule has 0 atom stereocenters. The van der Waals surface area contributed by atoms with E-state index in [4.69, 9.17) is 0 Å². The summed E-state index contributed by atoms with van der Waals surface area (Å²) in [6.45, 7) is 0. The summed E-state index contributed by atoms with van der Waals surface area (Å²) in [4.78, 5) is 36.4. The Labute approximate surface area is 145 Å². The maximum absolute atomic E-state index is 11.8. The van der Waals surface area contributed by atoms with Gasteiger partial charge in [0.25, 0.3) is 5.69 Å². The summed E-state index contributed by atoms with van der Waals surface area (Å²) < 4.78 is 0. The Balaban J connectivity index is 1.84. The van der Waals surface area contributed by atoms with Crippen molar-refractivity contribution in [3.63, 3.8) is 0 Å². The van der Waals surface area contributed by atoms with Crippen molar-refractivity contribution in [2.75, 3.05) is 5.32 Å². The molecule has 0 aliphatic rings. The zero-order valence-electron chi connectivity index (χ0n) is 13.0. The van der Waals surface area contributed by atoms with Crippen LogP contribution in [-0.4, -0.2) is 26.8 Å². The number of benzene rings is 2. The molecule has 0 saturated carbocycles. The Morgan fingerprint density at radius 1 is 1.15 bits per heavy atom. The molecule has 0 bridgehead atoms. The number of nitro groups is 1. The molecule has 1 heterocycles. The van der Waals surface area contributed by atoms with Gasteiger partial charge in [-0.2, -0.15) is 0 Å². The minimum atomic E-state index is -1.19. The number of nitro benzene ring substituents is 1. The van der Waals surface area contributed by atoms with Gasteiger partial charge in [0, 0.05) is 23.2 Å². The van der Waals surface area contributed by atoms with Crippen molar-refractivity contribution < 1.29 is 19.6 Å². The number of hydrogen-bond acceptors (Lipinski definition) is 6. The standard InChI is InChI=1S/C16H11N5O5/c22-14-13(11-8-10(21(25)26)6-7-12(11)18-14)19-20-16(24)15(23)17-9-4-2-1-3-5-9/h1-8,18,22H,(H,17,23). The van der Waals surface area contributed by atoms with Gasteiger partial charge in [-0.3, -0.25) is 19.7 Å². The second-order valence-electron chi connectivity index (χ2n) is 5.13. The summed E-state index contributed by atoms with van der Waals surface area (Å²) in [5.74, 6) is -2.63. The average Bonchev–Trinajstić information content (AvgIpc) is 2.94. The topological polar surface area (TPSA) is 150 Å². The van der Waals surface area contributed by atoms with Crippen LogP contribution < -0.4 is 5.32 Å². The normalized spacial score (nSPS) is 10.9. The highest BCUT2D eigenvalue weighted by molar-refractivity contribution is 6.40. The van der Waals surface area contributed by atoms with E-state index in [1.165, 1.54) is 18.2 Å². The number of aromatic amines is 1. The van der Waals surface area contributed by atoms with Gasteiger partial charge in [-0.05, 0) is 18.2 Å². The number of amides is 2. The second kappa shape index (κ2) is 6.81. The number of H-pyrrole nitrogens is 1. The molecule has 3 aromatic rings. The fourth-order valence-electron chi connectivity index (χ4n) is 2.21. The molecule has 3 N–H and O–H groups in total. The predicted octanol–water partition coefficient (Wildman–Crippen LogP) is 3.03. The summed E-state index contributed by atoms with van der Waals surface area (Å²) in [6.07, 6.45) is 0. The number of fused-ring (bicyclic) bond motifs is 1. The van der Waals surface area contributed by atoms with E-state index in [-0.39, 0.29) is 16.8 Å². The molecule has 0 fully saturated rings. The molecule has 130 valence electrons. The lowest BCUT2D eigenvalue weighted by molar-refractivity contribution is -0.384. The van der Waals surface area contributed by atoms with Crippen LogP contribution in [0.5, 0.6) is 5.88 Å². The molecule has 3 rings (SSSR count). The summed E-state index contributed by atoms with van der Waals surface area (Å²) >= 11 is 0. The van der Waals surface area contributed by atoms with Gasteiger partial charge in [-0.15, -0.1) is 10.2 Å². The van der Waals surface area contributed by atoms with E-state index >= 15 is 0 Å². The number of nitrogens with one attached hydrogen (secondary N) is 2. The number of para-hydroxylation sites is 1. The number of hydrogen-bond donors (Lipinski definition) is 3. The first-order chi connectivity index (χ1) is 12.5. The van der Waals surface area contributed by atoms with Gasteiger partial charge in [0.15, 0.2) is 5.69 Å². The summed E-state index contributed by atoms with van der Waals surface area (Å²) in [5, 5.41) is 30.1. The lowest BCUT2D eigenvalue weighted by Gasteiger charge is -2.00. The van der Waals surface area contributed by atoms with E-state index in [1.807, 2.05) is 0 Å². The third kappa shape index (κ3) is 3.38. The average molecular weight is 353 g/mol. The highest BCUT2D eigenvalue weighted by Gasteiger charge is 2.17. The quantitative estimate of drug-likeness (QED) is 0.286. The molecule has 0 saturated heterocycles. The monoisotopic (exact) mass is 353 g/mol. The van der Waals surface area contributed by atoms with Crippen LogP contribution in [0.15, 0.2) is 58.8 Å². The molecule has 1 aromatic heterocycles. The van der Waals surface area contributed by atoms with Crippen LogP contribution in [0.2, 0.25) is 0 Å². The zero-order chi connectivity index (χ0) is 18.7. The molecule has 10 nitrogen and oxygen atoms in total. The van der Waals surface area contributed by atoms with Crippen molar-refractivity contribution in [1.82, 2.24) is 4.98 Å². The maximum atomic E-state index is 11.8. The fraction of sp³-hybridized carbons (Fsp3) is 0. The SMILES string of the molecule is O=C(N=Nc1c(O)[nH]c2ccc([N+](=O)[O-])cc12)C(=O)Nc1ccccc1. The first-order valence-electron chi connectivity index (χ1n) is 7.27. The van der Waals surface area contributed by atoms with E-state index in [2.05, 4.69) is 20.5 Å². The largest absolute Gasteiger partial charge is 0.493 e. The highest BCUT2D eigenvalue weighted by atomic mass is 16.6. The van der Waals surface area contributed by atoms with Crippen LogP contribution in [-0.2, 0) is 9.59 Å². The Bertz CT molecular complexity index is 1040. The molecular weight excluding hydrogens is 342 g/mol. The van der Waals surface area contributed by atoms with Gasteiger partial charge in [0.1, 0.15) is 0 Å². The number of carbonyl (C=O) groups is 2. The first-order valence-corrected chi connectivity index (χ1v) is 7.27. The molecule has 0 aliphatic heterocycles. The van der Waals surface area contributed by atoms with Gasteiger partial charge in [0.05, 0.1) is 10.4 Å². The molecule has 0 unspecified atom stereocenters. The number of anilines is 1. The van der Waals surface area contributed by atoms with Crippen LogP contribution in [0.1, 0.15) is 0 Å². The number of rotatable bonds is 3. The number of non-ortho nitro benzene ring substituents is 1. The highest BCUT2D eigenvalue weighted by Crippen LogP contribution is 2.37. The molecule has 0 radical (unpaired) electrons. The molecular formula is C16H11N5O5. The third-order valence-electron chi connectivity index (χ3n) is 3.41. The maximum Gasteiger partial charge on any atom is 0.353 e. The van der Waals surface area contributed by atoms with Gasteiger partial charge >= 0.3 is 11.8 Å². The van der Waals surface area contributed by atoms with Gasteiger partial charge < -0.3 is 15.4 Å². The number of aromatic hydroxyl groups is 1. The van der Waals surface area contributed by atoms with Crippen molar-refractivity contribution in [3.8, 4) is 5.88 Å². The number of aromatic nitrogens is 1. The van der Waals surface area contributed by atoms with Crippen molar-refractivity contribution in [1.29, 1.82) is 0 Å². The lowest BCUT2D eigenvalue weighted by atomic mass is 10.2. The van der Waals surface area contributed by atoms with Crippen molar-refractivity contribution in [2.45, 2.75) is 0 Å². The molecule has 10 heteroatoms. The van der Waals surface area contributed by atoms with E-state index in [0.29, 0.717) is 11.2 Å². The first kappa shape index (κ1) is 16.8. The second-order valence-corrected chi connectivity index (χ2v) is 5.13. The summed E-state index contributed by atoms with van der Waals surface area (Å²) in [5.41, 5.74) is 0.375. The smallest absolute Gasteiger partial charge is 0.353 e. The predicted molar refractivity (Wildman–Crippen MR) is 91.2 cm³/mol. The summed E-state index contributed by atoms with van der Waals surface area (Å²) in [7, 11) is 0. The van der Waals surface area contributed by atoms with E-state index in [1.54, 1.807) is 30.3 Å². The number of carbonyl (C=O) groups excluding carboxylic acids is 2. The molecule has 0 spiro atoms. The molecule has 2 amide bonds. The van der Waals surface area contributed by atoms with E-state index in [0.717, 1.165) is 0 Å². The van der Waals surface area contributed by atoms with Gasteiger partial charge in [-0.1, -0.05) is 18.2 Å². The van der Waals surface area contributed by atoms with E-state index < -0.39 is 22.6 Å². The Kier molecular flexibility index (Phi) is 4.39. The fourth-order valence-corrected chi connectivity index (χ4v) is 2.21. The Morgan fingerprint density at radius 3 is 2.58 bits per heavy atom. The summed E-state index contributed by atoms with van der Waals surface area (Å²) in [6, 6.07) is 12.1. The van der Waals surface area contributed by atoms with Crippen molar-refractivity contribution in [3.05, 3.63) is 58.6 Å². The minimum Gasteiger partial charge on any atom is -0.493 e. The van der Waals surface area contributed by atoms with Crippen molar-refractivity contribution >= 4 is 39.8 Å². The Hall–Kier alpha value is -4.08. The minimum absolute atomic E-state index is 0.176. The van der Waals surface area contributed by atoms with Gasteiger partial charge in [-0.25, -0.2) is 0 Å². The number of azo groups is 1. The van der Waals surface area contributed by atoms with Crippen molar-refractivity contribution in [2.24, 2.45) is 10.2 Å². The van der Waals surface area contributed by atoms with Crippen LogP contribution in [0.4, 0.5) is 17.1 Å². The van der Waals surface area contributed by atoms with Crippen LogP contribution in [0, 0.1) is 10.1 Å². The zero-order valence-corrected chi connectivity index (χ0v) is 13.0. The van der Waals surface area contributed by atoms with E-state index in [9.17, 15) is 24.8 Å². The third-order valence-corrected chi connectivity index (χ3v) is 3.41. The molecule has 26 heavy (non-hydrogen) atoms. The van der Waals surface area contributed by atoms with Gasteiger partial charge in [0.2, 0.25) is 5.88 Å². The number of nitrogens with zero attached hydrogens (tertiary/aromatic N) is 3. The van der Waals surface area contributed by atoms with Crippen LogP contribution in [0.25, 0.3) is 10.9 Å².